The smallest absolute Gasteiger partial charge is 0.191 e. The molecular formula is C19H28IN3O2S. The van der Waals surface area contributed by atoms with Crippen LogP contribution in [-0.4, -0.2) is 33.3 Å². The van der Waals surface area contributed by atoms with Crippen molar-refractivity contribution in [2.45, 2.75) is 26.8 Å². The SMILES string of the molecule is CCNC(=NCc1ccc(C)s1)NCCc1cc(OC)ccc1OC.I. The number of nitrogens with zero attached hydrogens (tertiary/aromatic N) is 1. The summed E-state index contributed by atoms with van der Waals surface area (Å²) in [5, 5.41) is 6.67. The Morgan fingerprint density at radius 2 is 1.92 bits per heavy atom. The van der Waals surface area contributed by atoms with Crippen LogP contribution in [0.2, 0.25) is 0 Å². The highest BCUT2D eigenvalue weighted by atomic mass is 127. The highest BCUT2D eigenvalue weighted by Gasteiger charge is 2.06. The van der Waals surface area contributed by atoms with Gasteiger partial charge >= 0.3 is 0 Å². The van der Waals surface area contributed by atoms with Gasteiger partial charge in [0, 0.05) is 22.8 Å². The highest BCUT2D eigenvalue weighted by molar-refractivity contribution is 14.0. The molecule has 0 bridgehead atoms. The van der Waals surface area contributed by atoms with E-state index < -0.39 is 0 Å². The number of halogens is 1. The molecule has 1 aromatic heterocycles. The summed E-state index contributed by atoms with van der Waals surface area (Å²) < 4.78 is 10.7. The first kappa shape index (κ1) is 22.6. The van der Waals surface area contributed by atoms with Gasteiger partial charge in [-0.05, 0) is 56.2 Å². The summed E-state index contributed by atoms with van der Waals surface area (Å²) in [4.78, 5) is 7.23. The molecule has 2 rings (SSSR count). The third kappa shape index (κ3) is 7.03. The predicted octanol–water partition coefficient (Wildman–Crippen LogP) is 3.99. The van der Waals surface area contributed by atoms with Crippen molar-refractivity contribution in [1.82, 2.24) is 10.6 Å². The van der Waals surface area contributed by atoms with E-state index in [-0.39, 0.29) is 24.0 Å². The average Bonchev–Trinajstić information content (AvgIpc) is 3.04. The normalized spacial score (nSPS) is 10.8. The van der Waals surface area contributed by atoms with E-state index in [1.54, 1.807) is 25.6 Å². The van der Waals surface area contributed by atoms with E-state index >= 15 is 0 Å². The van der Waals surface area contributed by atoms with Gasteiger partial charge in [-0.25, -0.2) is 4.99 Å². The van der Waals surface area contributed by atoms with E-state index in [2.05, 4.69) is 41.6 Å². The van der Waals surface area contributed by atoms with Crippen LogP contribution in [0.5, 0.6) is 11.5 Å². The Bertz CT molecular complexity index is 704. The third-order valence-corrected chi connectivity index (χ3v) is 4.69. The number of rotatable bonds is 8. The zero-order valence-electron chi connectivity index (χ0n) is 15.8. The standard InChI is InChI=1S/C19H27N3O2S.HI/c1-5-20-19(22-13-17-8-6-14(2)25-17)21-11-10-15-12-16(23-3)7-9-18(15)24-4;/h6-9,12H,5,10-11,13H2,1-4H3,(H2,20,21,22);1H. The zero-order valence-corrected chi connectivity index (χ0v) is 18.9. The Labute approximate surface area is 177 Å². The second-order valence-corrected chi connectivity index (χ2v) is 6.93. The Balaban J connectivity index is 0.00000338. The largest absolute Gasteiger partial charge is 0.497 e. The first-order valence-corrected chi connectivity index (χ1v) is 9.26. The van der Waals surface area contributed by atoms with Crippen LogP contribution in [0.3, 0.4) is 0 Å². The van der Waals surface area contributed by atoms with Crippen molar-refractivity contribution in [2.75, 3.05) is 27.3 Å². The maximum absolute atomic E-state index is 5.43. The Hall–Kier alpha value is -1.48. The molecule has 2 N–H and O–H groups in total. The van der Waals surface area contributed by atoms with Gasteiger partial charge in [0.2, 0.25) is 0 Å². The lowest BCUT2D eigenvalue weighted by Crippen LogP contribution is -2.38. The van der Waals surface area contributed by atoms with Gasteiger partial charge in [0.05, 0.1) is 20.8 Å². The summed E-state index contributed by atoms with van der Waals surface area (Å²) in [6, 6.07) is 10.1. The summed E-state index contributed by atoms with van der Waals surface area (Å²) in [6.07, 6.45) is 0.822. The molecular weight excluding hydrogens is 461 g/mol. The minimum Gasteiger partial charge on any atom is -0.497 e. The van der Waals surface area contributed by atoms with Gasteiger partial charge in [0.25, 0.3) is 0 Å². The van der Waals surface area contributed by atoms with E-state index in [0.717, 1.165) is 42.5 Å². The van der Waals surface area contributed by atoms with Gasteiger partial charge in [0.1, 0.15) is 11.5 Å². The minimum atomic E-state index is 0. The van der Waals surface area contributed by atoms with Crippen LogP contribution < -0.4 is 20.1 Å². The number of hydrogen-bond acceptors (Lipinski definition) is 4. The first-order valence-electron chi connectivity index (χ1n) is 8.44. The number of guanidine groups is 1. The van der Waals surface area contributed by atoms with Crippen molar-refractivity contribution in [2.24, 2.45) is 4.99 Å². The Morgan fingerprint density at radius 1 is 1.12 bits per heavy atom. The fraction of sp³-hybridized carbons (Fsp3) is 0.421. The van der Waals surface area contributed by atoms with Crippen molar-refractivity contribution in [3.8, 4) is 11.5 Å². The number of aliphatic imine (C=N–C) groups is 1. The summed E-state index contributed by atoms with van der Waals surface area (Å²) in [6.45, 7) is 6.47. The number of benzene rings is 1. The summed E-state index contributed by atoms with van der Waals surface area (Å²) in [5.41, 5.74) is 1.11. The molecule has 0 aliphatic heterocycles. The lowest BCUT2D eigenvalue weighted by Gasteiger charge is -2.13. The van der Waals surface area contributed by atoms with Gasteiger partial charge in [-0.2, -0.15) is 0 Å². The molecule has 0 saturated heterocycles. The van der Waals surface area contributed by atoms with Crippen molar-refractivity contribution in [3.63, 3.8) is 0 Å². The van der Waals surface area contributed by atoms with Gasteiger partial charge < -0.3 is 20.1 Å². The second-order valence-electron chi connectivity index (χ2n) is 5.56. The molecule has 0 aliphatic rings. The van der Waals surface area contributed by atoms with Crippen LogP contribution in [0.4, 0.5) is 0 Å². The Morgan fingerprint density at radius 3 is 2.54 bits per heavy atom. The Kier molecular flexibility index (Phi) is 10.4. The molecule has 1 aromatic carbocycles. The van der Waals surface area contributed by atoms with Crippen LogP contribution in [0, 0.1) is 6.92 Å². The lowest BCUT2D eigenvalue weighted by molar-refractivity contribution is 0.398. The van der Waals surface area contributed by atoms with E-state index in [0.29, 0.717) is 6.54 Å². The molecule has 0 amide bonds. The molecule has 7 heteroatoms. The monoisotopic (exact) mass is 489 g/mol. The van der Waals surface area contributed by atoms with E-state index in [4.69, 9.17) is 9.47 Å². The van der Waals surface area contributed by atoms with Gasteiger partial charge in [-0.15, -0.1) is 35.3 Å². The van der Waals surface area contributed by atoms with Crippen LogP contribution in [0.15, 0.2) is 35.3 Å². The third-order valence-electron chi connectivity index (χ3n) is 3.71. The van der Waals surface area contributed by atoms with Crippen LogP contribution in [0.1, 0.15) is 22.2 Å². The van der Waals surface area contributed by atoms with Crippen molar-refractivity contribution in [1.29, 1.82) is 0 Å². The molecule has 0 atom stereocenters. The summed E-state index contributed by atoms with van der Waals surface area (Å²) in [5.74, 6) is 2.54. The minimum absolute atomic E-state index is 0. The van der Waals surface area contributed by atoms with Gasteiger partial charge in [-0.3, -0.25) is 0 Å². The molecule has 144 valence electrons. The van der Waals surface area contributed by atoms with Crippen LogP contribution >= 0.6 is 35.3 Å². The zero-order chi connectivity index (χ0) is 18.1. The molecule has 0 fully saturated rings. The molecule has 0 spiro atoms. The fourth-order valence-electron chi connectivity index (χ4n) is 2.46. The quantitative estimate of drug-likeness (QED) is 0.335. The molecule has 1 heterocycles. The molecule has 26 heavy (non-hydrogen) atoms. The number of hydrogen-bond donors (Lipinski definition) is 2. The number of thiophene rings is 1. The molecule has 2 aromatic rings. The van der Waals surface area contributed by atoms with Crippen LogP contribution in [-0.2, 0) is 13.0 Å². The van der Waals surface area contributed by atoms with Crippen LogP contribution in [0.25, 0.3) is 0 Å². The van der Waals surface area contributed by atoms with Crippen molar-refractivity contribution >= 4 is 41.3 Å². The molecule has 0 saturated carbocycles. The summed E-state index contributed by atoms with van der Waals surface area (Å²) >= 11 is 1.78. The molecule has 0 unspecified atom stereocenters. The number of aryl methyl sites for hydroxylation is 1. The van der Waals surface area contributed by atoms with Crippen molar-refractivity contribution in [3.05, 3.63) is 45.6 Å². The number of ether oxygens (including phenoxy) is 2. The molecule has 0 aliphatic carbocycles. The first-order chi connectivity index (χ1) is 12.2. The lowest BCUT2D eigenvalue weighted by atomic mass is 10.1. The molecule has 0 radical (unpaired) electrons. The highest BCUT2D eigenvalue weighted by Crippen LogP contribution is 2.24. The second kappa shape index (κ2) is 12.0. The topological polar surface area (TPSA) is 54.9 Å². The van der Waals surface area contributed by atoms with Gasteiger partial charge in [-0.1, -0.05) is 0 Å². The van der Waals surface area contributed by atoms with E-state index in [9.17, 15) is 0 Å². The summed E-state index contributed by atoms with van der Waals surface area (Å²) in [7, 11) is 3.36. The number of nitrogens with one attached hydrogen (secondary N) is 2. The van der Waals surface area contributed by atoms with Crippen molar-refractivity contribution < 1.29 is 9.47 Å². The van der Waals surface area contributed by atoms with Gasteiger partial charge in [0.15, 0.2) is 5.96 Å². The van der Waals surface area contributed by atoms with E-state index in [1.807, 2.05) is 18.2 Å². The maximum Gasteiger partial charge on any atom is 0.191 e. The molecule has 5 nitrogen and oxygen atoms in total. The number of methoxy groups -OCH3 is 2. The predicted molar refractivity (Wildman–Crippen MR) is 121 cm³/mol. The average molecular weight is 489 g/mol. The maximum atomic E-state index is 5.43. The van der Waals surface area contributed by atoms with E-state index in [1.165, 1.54) is 9.75 Å². The fourth-order valence-corrected chi connectivity index (χ4v) is 3.28.